The van der Waals surface area contributed by atoms with Crippen LogP contribution in [-0.2, 0) is 48.6 Å². The SMILES string of the molecule is CCl.O=[P+]([O-])O[P+](=O)[O-].O=[P+]([O-])O[P+](=O)[O-].[Ti+4]. The Morgan fingerprint density at radius 1 is 0.706 bits per heavy atom. The summed E-state index contributed by atoms with van der Waals surface area (Å²) in [5.41, 5.74) is 0. The molecule has 0 saturated carbocycles. The van der Waals surface area contributed by atoms with E-state index in [2.05, 4.69) is 20.2 Å². The molecule has 0 aliphatic carbocycles. The van der Waals surface area contributed by atoms with Gasteiger partial charge in [0.25, 0.3) is 0 Å². The molecule has 0 aromatic heterocycles. The fourth-order valence-corrected chi connectivity index (χ4v) is 0.980. The zero-order valence-electron chi connectivity index (χ0n) is 7.75. The van der Waals surface area contributed by atoms with Gasteiger partial charge in [-0.25, -0.2) is 0 Å². The zero-order valence-corrected chi connectivity index (χ0v) is 13.6. The van der Waals surface area contributed by atoms with Gasteiger partial charge in [0.05, 0.1) is 0 Å². The quantitative estimate of drug-likeness (QED) is 0.330. The van der Waals surface area contributed by atoms with Crippen molar-refractivity contribution >= 4 is 44.6 Å². The van der Waals surface area contributed by atoms with Gasteiger partial charge >= 0.3 is 54.7 Å². The van der Waals surface area contributed by atoms with Crippen LogP contribution in [0.15, 0.2) is 0 Å². The Morgan fingerprint density at radius 3 is 0.824 bits per heavy atom. The van der Waals surface area contributed by atoms with E-state index in [1.54, 1.807) is 0 Å². The number of hydrogen-bond donors (Lipinski definition) is 0. The second-order valence-corrected chi connectivity index (χ2v) is 4.15. The van der Waals surface area contributed by atoms with E-state index in [4.69, 9.17) is 0 Å². The Kier molecular flexibility index (Phi) is 30.6. The molecule has 10 nitrogen and oxygen atoms in total. The van der Waals surface area contributed by atoms with Crippen LogP contribution in [-0.4, -0.2) is 6.38 Å². The van der Waals surface area contributed by atoms with Crippen LogP contribution in [0, 0.1) is 0 Å². The minimum atomic E-state index is -3.24. The zero-order chi connectivity index (χ0) is 13.7. The van der Waals surface area contributed by atoms with Crippen molar-refractivity contribution in [2.75, 3.05) is 6.38 Å². The maximum absolute atomic E-state index is 9.24. The average Bonchev–Trinajstić information content (AvgIpc) is 2.03. The molecular formula is CH3ClO10P4Ti+4. The molecule has 0 rings (SSSR count). The Balaban J connectivity index is -0.0000000823. The molecule has 0 amide bonds. The fraction of sp³-hybridized carbons (Fsp3) is 1.00. The van der Waals surface area contributed by atoms with Crippen molar-refractivity contribution in [3.05, 3.63) is 0 Å². The molecule has 0 heterocycles. The summed E-state index contributed by atoms with van der Waals surface area (Å²) in [6.45, 7) is 0. The topological polar surface area (TPSA) is 179 Å². The van der Waals surface area contributed by atoms with Crippen LogP contribution in [0.25, 0.3) is 0 Å². The van der Waals surface area contributed by atoms with Crippen molar-refractivity contribution in [1.82, 2.24) is 0 Å². The van der Waals surface area contributed by atoms with Crippen molar-refractivity contribution in [2.24, 2.45) is 0 Å². The second-order valence-electron chi connectivity index (χ2n) is 1.06. The maximum Gasteiger partial charge on any atom is 4.00 e. The average molecular weight is 382 g/mol. The van der Waals surface area contributed by atoms with E-state index in [0.29, 0.717) is 0 Å². The Hall–Kier alpha value is 1.16. The Bertz CT molecular complexity index is 207. The predicted octanol–water partition coefficient (Wildman–Crippen LogP) is -1.07. The third-order valence-electron chi connectivity index (χ3n) is 0.267. The Morgan fingerprint density at radius 2 is 0.824 bits per heavy atom. The largest absolute Gasteiger partial charge is 4.00 e. The van der Waals surface area contributed by atoms with Gasteiger partial charge < -0.3 is 19.6 Å². The molecule has 0 aromatic rings. The normalized spacial score (nSPS) is 11.4. The van der Waals surface area contributed by atoms with Crippen molar-refractivity contribution < 1.29 is 68.2 Å². The summed E-state index contributed by atoms with van der Waals surface area (Å²) >= 11 is 4.64. The van der Waals surface area contributed by atoms with E-state index in [1.165, 1.54) is 6.38 Å². The molecule has 0 spiro atoms. The van der Waals surface area contributed by atoms with E-state index in [0.717, 1.165) is 0 Å². The van der Waals surface area contributed by atoms with Crippen molar-refractivity contribution in [3.63, 3.8) is 0 Å². The van der Waals surface area contributed by atoms with E-state index in [1.807, 2.05) is 0 Å². The minimum Gasteiger partial charge on any atom is -0.563 e. The van der Waals surface area contributed by atoms with Gasteiger partial charge in [-0.1, -0.05) is 0 Å². The van der Waals surface area contributed by atoms with Gasteiger partial charge in [0, 0.05) is 6.38 Å². The first-order chi connectivity index (χ1) is 7.25. The predicted molar refractivity (Wildman–Crippen MR) is 44.4 cm³/mol. The number of hydrogen-bond acceptors (Lipinski definition) is 10. The van der Waals surface area contributed by atoms with Crippen LogP contribution in [0.2, 0.25) is 0 Å². The van der Waals surface area contributed by atoms with Crippen LogP contribution in [0.5, 0.6) is 0 Å². The van der Waals surface area contributed by atoms with E-state index in [9.17, 15) is 37.8 Å². The van der Waals surface area contributed by atoms with Crippen LogP contribution in [0.3, 0.4) is 0 Å². The number of halogens is 1. The summed E-state index contributed by atoms with van der Waals surface area (Å²) in [4.78, 5) is 37.0. The minimum absolute atomic E-state index is 0. The molecule has 4 unspecified atom stereocenters. The molecule has 0 saturated heterocycles. The van der Waals surface area contributed by atoms with Crippen LogP contribution < -0.4 is 19.6 Å². The summed E-state index contributed by atoms with van der Waals surface area (Å²) in [5.74, 6) is 0. The van der Waals surface area contributed by atoms with E-state index >= 15 is 0 Å². The Labute approximate surface area is 119 Å². The molecule has 94 valence electrons. The first-order valence-corrected chi connectivity index (χ1v) is 7.71. The third kappa shape index (κ3) is 47.0. The number of rotatable bonds is 4. The molecule has 0 aliphatic rings. The van der Waals surface area contributed by atoms with Crippen molar-refractivity contribution in [3.8, 4) is 0 Å². The molecule has 17 heavy (non-hydrogen) atoms. The van der Waals surface area contributed by atoms with Gasteiger partial charge in [-0.15, -0.1) is 11.6 Å². The first-order valence-electron chi connectivity index (χ1n) is 2.57. The van der Waals surface area contributed by atoms with Crippen molar-refractivity contribution in [1.29, 1.82) is 0 Å². The molecule has 16 heteroatoms. The molecule has 0 aliphatic heterocycles. The van der Waals surface area contributed by atoms with Gasteiger partial charge in [0.1, 0.15) is 8.62 Å². The van der Waals surface area contributed by atoms with Gasteiger partial charge in [-0.3, -0.25) is 0 Å². The van der Waals surface area contributed by atoms with Gasteiger partial charge in [0.2, 0.25) is 0 Å². The second kappa shape index (κ2) is 19.5. The summed E-state index contributed by atoms with van der Waals surface area (Å²) in [6, 6.07) is 0. The molecule has 0 bridgehead atoms. The van der Waals surface area contributed by atoms with Gasteiger partial charge in [-0.05, 0) is 18.3 Å². The van der Waals surface area contributed by atoms with Crippen molar-refractivity contribution in [2.45, 2.75) is 0 Å². The first kappa shape index (κ1) is 26.7. The monoisotopic (exact) mass is 382 g/mol. The molecule has 4 atom stereocenters. The van der Waals surface area contributed by atoms with Crippen LogP contribution in [0.4, 0.5) is 0 Å². The van der Waals surface area contributed by atoms with Crippen LogP contribution >= 0.6 is 44.6 Å². The summed E-state index contributed by atoms with van der Waals surface area (Å²) < 4.78 is 43.3. The van der Waals surface area contributed by atoms with Gasteiger partial charge in [-0.2, -0.15) is 0 Å². The fourth-order valence-electron chi connectivity index (χ4n) is 0.109. The molecule has 0 aromatic carbocycles. The summed E-state index contributed by atoms with van der Waals surface area (Å²) in [6.07, 6.45) is 1.47. The van der Waals surface area contributed by atoms with Crippen LogP contribution in [0.1, 0.15) is 0 Å². The smallest absolute Gasteiger partial charge is 0.563 e. The molecular weight excluding hydrogens is 379 g/mol. The van der Waals surface area contributed by atoms with E-state index in [-0.39, 0.29) is 21.7 Å². The third-order valence-corrected chi connectivity index (χ3v) is 2.40. The molecule has 0 radical (unpaired) electrons. The standard InChI is InChI=1S/CH3Cl.2O5P2.Ti/c1-2;2*1-6(2)5-7(3)4;/h1H3;;;/q;;;+4. The van der Waals surface area contributed by atoms with Gasteiger partial charge in [0.15, 0.2) is 0 Å². The number of alkyl halides is 1. The summed E-state index contributed by atoms with van der Waals surface area (Å²) in [5, 5.41) is 0. The van der Waals surface area contributed by atoms with E-state index < -0.39 is 33.0 Å². The maximum atomic E-state index is 9.24. The molecule has 0 fully saturated rings. The summed E-state index contributed by atoms with van der Waals surface area (Å²) in [7, 11) is -12.9. The molecule has 0 N–H and O–H groups in total.